The van der Waals surface area contributed by atoms with E-state index in [4.69, 9.17) is 9.15 Å². The van der Waals surface area contributed by atoms with Gasteiger partial charge in [0.05, 0.1) is 18.0 Å². The Morgan fingerprint density at radius 1 is 1.53 bits per heavy atom. The van der Waals surface area contributed by atoms with Crippen LogP contribution >= 0.6 is 0 Å². The molecule has 0 aromatic carbocycles. The van der Waals surface area contributed by atoms with E-state index in [1.807, 2.05) is 0 Å². The van der Waals surface area contributed by atoms with Crippen molar-refractivity contribution in [1.29, 1.82) is 0 Å². The van der Waals surface area contributed by atoms with Crippen molar-refractivity contribution in [3.8, 4) is 0 Å². The maximum absolute atomic E-state index is 11.7. The van der Waals surface area contributed by atoms with Gasteiger partial charge in [0.2, 0.25) is 5.71 Å². The van der Waals surface area contributed by atoms with Gasteiger partial charge in [-0.05, 0) is 20.8 Å². The summed E-state index contributed by atoms with van der Waals surface area (Å²) < 4.78 is 11.3. The minimum atomic E-state index is -0.534. The Hall–Kier alpha value is -2.11. The Labute approximate surface area is 96.8 Å². The van der Waals surface area contributed by atoms with Crippen molar-refractivity contribution < 1.29 is 13.9 Å². The van der Waals surface area contributed by atoms with Crippen molar-refractivity contribution in [3.05, 3.63) is 33.4 Å². The number of carbonyl (C=O) groups is 1. The summed E-state index contributed by atoms with van der Waals surface area (Å²) >= 11 is 0. The third-order valence-electron chi connectivity index (χ3n) is 2.36. The van der Waals surface area contributed by atoms with Crippen LogP contribution in [0, 0.1) is 13.8 Å². The van der Waals surface area contributed by atoms with E-state index < -0.39 is 11.6 Å². The predicted octanol–water partition coefficient (Wildman–Crippen LogP) is 1.08. The summed E-state index contributed by atoms with van der Waals surface area (Å²) in [6, 6.07) is 1.31. The molecule has 2 rings (SSSR count). The number of ether oxygens (including phenoxy) is 1. The van der Waals surface area contributed by atoms with Gasteiger partial charge < -0.3 is 9.15 Å². The summed E-state index contributed by atoms with van der Waals surface area (Å²) in [6.45, 7) is 5.34. The summed E-state index contributed by atoms with van der Waals surface area (Å²) in [4.78, 5) is 23.0. The van der Waals surface area contributed by atoms with Crippen molar-refractivity contribution in [2.24, 2.45) is 0 Å². The highest BCUT2D eigenvalue weighted by Gasteiger charge is 2.21. The Kier molecular flexibility index (Phi) is 2.71. The fourth-order valence-corrected chi connectivity index (χ4v) is 1.63. The molecule has 0 radical (unpaired) electrons. The molecule has 0 bridgehead atoms. The topological polar surface area (TPSA) is 73.8 Å². The molecule has 0 N–H and O–H groups in total. The Balaban J connectivity index is 2.75. The fraction of sp³-hybridized carbons (Fsp3) is 0.364. The van der Waals surface area contributed by atoms with Crippen molar-refractivity contribution in [2.75, 3.05) is 6.61 Å². The molecule has 0 unspecified atom stereocenters. The normalized spacial score (nSPS) is 10.8. The van der Waals surface area contributed by atoms with Gasteiger partial charge in [-0.1, -0.05) is 0 Å². The van der Waals surface area contributed by atoms with E-state index in [9.17, 15) is 9.59 Å². The molecule has 90 valence electrons. The number of hydrogen-bond donors (Lipinski definition) is 0. The van der Waals surface area contributed by atoms with Crippen LogP contribution in [0.3, 0.4) is 0 Å². The van der Waals surface area contributed by atoms with E-state index in [1.165, 1.54) is 10.6 Å². The number of fused-ring (bicyclic) bond motifs is 1. The minimum absolute atomic E-state index is 0.131. The second kappa shape index (κ2) is 4.04. The zero-order valence-corrected chi connectivity index (χ0v) is 9.81. The van der Waals surface area contributed by atoms with Crippen molar-refractivity contribution >= 4 is 11.7 Å². The SMILES string of the molecule is CCOC(=O)c1c(C)nn2c(C)cc(=O)oc12. The summed E-state index contributed by atoms with van der Waals surface area (Å²) in [5.41, 5.74) is 0.898. The van der Waals surface area contributed by atoms with Gasteiger partial charge in [0.1, 0.15) is 5.56 Å². The maximum atomic E-state index is 11.7. The zero-order valence-electron chi connectivity index (χ0n) is 9.81. The highest BCUT2D eigenvalue weighted by molar-refractivity contribution is 5.96. The van der Waals surface area contributed by atoms with Gasteiger partial charge in [0.25, 0.3) is 0 Å². The summed E-state index contributed by atoms with van der Waals surface area (Å²) in [6.07, 6.45) is 0. The molecule has 0 aliphatic heterocycles. The first-order valence-electron chi connectivity index (χ1n) is 5.21. The fourth-order valence-electron chi connectivity index (χ4n) is 1.63. The summed E-state index contributed by atoms with van der Waals surface area (Å²) in [7, 11) is 0. The second-order valence-corrected chi connectivity index (χ2v) is 3.60. The van der Waals surface area contributed by atoms with Crippen LogP contribution in [0.25, 0.3) is 5.71 Å². The maximum Gasteiger partial charge on any atom is 0.345 e. The summed E-state index contributed by atoms with van der Waals surface area (Å²) in [5, 5.41) is 4.14. The molecule has 2 heterocycles. The molecule has 0 amide bonds. The monoisotopic (exact) mass is 236 g/mol. The molecule has 0 aliphatic carbocycles. The molecule has 0 atom stereocenters. The van der Waals surface area contributed by atoms with Gasteiger partial charge in [0, 0.05) is 6.07 Å². The Morgan fingerprint density at radius 2 is 2.24 bits per heavy atom. The molecule has 0 saturated heterocycles. The van der Waals surface area contributed by atoms with Gasteiger partial charge in [-0.3, -0.25) is 0 Å². The highest BCUT2D eigenvalue weighted by Crippen LogP contribution is 2.16. The number of aryl methyl sites for hydroxylation is 2. The average molecular weight is 236 g/mol. The molecular formula is C11H12N2O4. The van der Waals surface area contributed by atoms with Crippen LogP contribution in [0.1, 0.15) is 28.7 Å². The first kappa shape index (κ1) is 11.4. The van der Waals surface area contributed by atoms with Crippen molar-refractivity contribution in [1.82, 2.24) is 9.61 Å². The van der Waals surface area contributed by atoms with E-state index in [0.29, 0.717) is 11.4 Å². The Bertz CT molecular complexity index is 639. The number of carbonyl (C=O) groups excluding carboxylic acids is 1. The minimum Gasteiger partial charge on any atom is -0.462 e. The van der Waals surface area contributed by atoms with Crippen LogP contribution in [-0.2, 0) is 4.74 Å². The third kappa shape index (κ3) is 1.82. The van der Waals surface area contributed by atoms with Crippen molar-refractivity contribution in [2.45, 2.75) is 20.8 Å². The molecule has 17 heavy (non-hydrogen) atoms. The summed E-state index contributed by atoms with van der Waals surface area (Å²) in [5.74, 6) is -0.534. The lowest BCUT2D eigenvalue weighted by Gasteiger charge is -2.00. The Morgan fingerprint density at radius 3 is 2.88 bits per heavy atom. The zero-order chi connectivity index (χ0) is 12.6. The molecule has 6 nitrogen and oxygen atoms in total. The van der Waals surface area contributed by atoms with E-state index in [2.05, 4.69) is 5.10 Å². The standard InChI is InChI=1S/C11H12N2O4/c1-4-16-11(15)9-7(3)12-13-6(2)5-8(14)17-10(9)13/h5H,4H2,1-3H3. The molecule has 0 aliphatic rings. The number of aromatic nitrogens is 2. The third-order valence-corrected chi connectivity index (χ3v) is 2.36. The van der Waals surface area contributed by atoms with Crippen LogP contribution in [0.2, 0.25) is 0 Å². The smallest absolute Gasteiger partial charge is 0.345 e. The van der Waals surface area contributed by atoms with E-state index in [1.54, 1.807) is 20.8 Å². The van der Waals surface area contributed by atoms with Crippen LogP contribution in [0.15, 0.2) is 15.3 Å². The lowest BCUT2D eigenvalue weighted by atomic mass is 10.2. The van der Waals surface area contributed by atoms with Crippen LogP contribution in [0.5, 0.6) is 0 Å². The first-order chi connectivity index (χ1) is 8.04. The second-order valence-electron chi connectivity index (χ2n) is 3.60. The first-order valence-corrected chi connectivity index (χ1v) is 5.21. The van der Waals surface area contributed by atoms with E-state index >= 15 is 0 Å². The van der Waals surface area contributed by atoms with Gasteiger partial charge in [-0.25, -0.2) is 14.1 Å². The van der Waals surface area contributed by atoms with Gasteiger partial charge in [0.15, 0.2) is 0 Å². The van der Waals surface area contributed by atoms with Crippen LogP contribution in [-0.4, -0.2) is 22.2 Å². The van der Waals surface area contributed by atoms with Gasteiger partial charge in [-0.15, -0.1) is 0 Å². The highest BCUT2D eigenvalue weighted by atomic mass is 16.5. The van der Waals surface area contributed by atoms with Crippen LogP contribution in [0.4, 0.5) is 0 Å². The van der Waals surface area contributed by atoms with Crippen LogP contribution < -0.4 is 5.63 Å². The number of esters is 1. The number of rotatable bonds is 2. The number of nitrogens with zero attached hydrogens (tertiary/aromatic N) is 2. The molecular weight excluding hydrogens is 224 g/mol. The predicted molar refractivity (Wildman–Crippen MR) is 59.2 cm³/mol. The molecule has 2 aromatic rings. The van der Waals surface area contributed by atoms with E-state index in [0.717, 1.165) is 0 Å². The quantitative estimate of drug-likeness (QED) is 0.729. The molecule has 0 fully saturated rings. The van der Waals surface area contributed by atoms with Crippen molar-refractivity contribution in [3.63, 3.8) is 0 Å². The molecule has 2 aromatic heterocycles. The van der Waals surface area contributed by atoms with Gasteiger partial charge in [-0.2, -0.15) is 5.10 Å². The molecule has 0 spiro atoms. The lowest BCUT2D eigenvalue weighted by molar-refractivity contribution is 0.0526. The van der Waals surface area contributed by atoms with E-state index in [-0.39, 0.29) is 17.9 Å². The largest absolute Gasteiger partial charge is 0.462 e. The average Bonchev–Trinajstić information content (AvgIpc) is 2.55. The molecule has 6 heteroatoms. The number of hydrogen-bond acceptors (Lipinski definition) is 5. The molecule has 0 saturated carbocycles. The van der Waals surface area contributed by atoms with Gasteiger partial charge >= 0.3 is 11.6 Å². The lowest BCUT2D eigenvalue weighted by Crippen LogP contribution is -2.08.